The van der Waals surface area contributed by atoms with Crippen molar-refractivity contribution in [2.45, 2.75) is 51.0 Å². The lowest BCUT2D eigenvalue weighted by Gasteiger charge is -2.23. The van der Waals surface area contributed by atoms with E-state index in [0.29, 0.717) is 18.2 Å². The molecule has 3 unspecified atom stereocenters. The molecule has 0 aliphatic heterocycles. The van der Waals surface area contributed by atoms with E-state index in [-0.39, 0.29) is 12.6 Å². The quantitative estimate of drug-likeness (QED) is 0.836. The highest BCUT2D eigenvalue weighted by molar-refractivity contribution is 4.99. The second kappa shape index (κ2) is 5.60. The van der Waals surface area contributed by atoms with Gasteiger partial charge in [0.15, 0.2) is 5.82 Å². The molecule has 3 N–H and O–H groups in total. The number of nitrogens with zero attached hydrogens (tertiary/aromatic N) is 2. The van der Waals surface area contributed by atoms with Crippen molar-refractivity contribution < 1.29 is 9.63 Å². The lowest BCUT2D eigenvalue weighted by molar-refractivity contribution is 0.258. The largest absolute Gasteiger partial charge is 0.396 e. The van der Waals surface area contributed by atoms with E-state index in [1.54, 1.807) is 0 Å². The second-order valence-corrected chi connectivity index (χ2v) is 5.08. The minimum atomic E-state index is -0.345. The summed E-state index contributed by atoms with van der Waals surface area (Å²) in [7, 11) is 0. The first-order valence-electron chi connectivity index (χ1n) is 6.40. The van der Waals surface area contributed by atoms with E-state index in [1.807, 2.05) is 0 Å². The smallest absolute Gasteiger partial charge is 0.243 e. The fourth-order valence-electron chi connectivity index (χ4n) is 2.49. The first-order chi connectivity index (χ1) is 8.20. The van der Waals surface area contributed by atoms with E-state index in [0.717, 1.165) is 24.6 Å². The van der Waals surface area contributed by atoms with Crippen LogP contribution in [0.15, 0.2) is 4.52 Å². The van der Waals surface area contributed by atoms with Crippen LogP contribution in [0.25, 0.3) is 0 Å². The molecule has 0 saturated heterocycles. The van der Waals surface area contributed by atoms with Crippen molar-refractivity contribution in [3.8, 4) is 0 Å². The van der Waals surface area contributed by atoms with Gasteiger partial charge in [-0.2, -0.15) is 4.98 Å². The second-order valence-electron chi connectivity index (χ2n) is 5.08. The number of aliphatic hydroxyl groups is 1. The zero-order valence-electron chi connectivity index (χ0n) is 10.3. The van der Waals surface area contributed by atoms with Crippen LogP contribution in [0.5, 0.6) is 0 Å². The van der Waals surface area contributed by atoms with Gasteiger partial charge in [0.1, 0.15) is 0 Å². The number of aliphatic hydroxyl groups excluding tert-OH is 1. The number of hydrogen-bond donors (Lipinski definition) is 2. The molecular weight excluding hydrogens is 218 g/mol. The van der Waals surface area contributed by atoms with Gasteiger partial charge in [-0.05, 0) is 25.2 Å². The van der Waals surface area contributed by atoms with Crippen LogP contribution in [0.1, 0.15) is 62.7 Å². The van der Waals surface area contributed by atoms with E-state index in [4.69, 9.17) is 15.4 Å². The van der Waals surface area contributed by atoms with Gasteiger partial charge in [0, 0.05) is 12.5 Å². The molecule has 3 atom stereocenters. The molecule has 0 spiro atoms. The summed E-state index contributed by atoms with van der Waals surface area (Å²) < 4.78 is 5.17. The van der Waals surface area contributed by atoms with Crippen LogP contribution in [-0.2, 0) is 0 Å². The third kappa shape index (κ3) is 3.04. The Hall–Kier alpha value is -0.940. The van der Waals surface area contributed by atoms with Gasteiger partial charge >= 0.3 is 0 Å². The molecule has 1 aliphatic rings. The number of rotatable bonds is 4. The summed E-state index contributed by atoms with van der Waals surface area (Å²) in [5.41, 5.74) is 5.82. The maximum Gasteiger partial charge on any atom is 0.243 e. The molecule has 2 rings (SSSR count). The monoisotopic (exact) mass is 239 g/mol. The zero-order valence-corrected chi connectivity index (χ0v) is 10.3. The van der Waals surface area contributed by atoms with Gasteiger partial charge < -0.3 is 15.4 Å². The molecule has 1 fully saturated rings. The standard InChI is InChI=1S/C12H21N3O2/c1-8-3-2-4-9(7-8)11-14-12(17-15-11)10(13)5-6-16/h8-10,16H,2-7,13H2,1H3. The number of aromatic nitrogens is 2. The van der Waals surface area contributed by atoms with E-state index < -0.39 is 0 Å². The van der Waals surface area contributed by atoms with Crippen LogP contribution in [-0.4, -0.2) is 21.9 Å². The Morgan fingerprint density at radius 3 is 3.06 bits per heavy atom. The van der Waals surface area contributed by atoms with Crippen LogP contribution < -0.4 is 5.73 Å². The van der Waals surface area contributed by atoms with Gasteiger partial charge in [0.25, 0.3) is 0 Å². The van der Waals surface area contributed by atoms with Crippen molar-refractivity contribution >= 4 is 0 Å². The lowest BCUT2D eigenvalue weighted by atomic mass is 9.82. The summed E-state index contributed by atoms with van der Waals surface area (Å²) in [6.45, 7) is 2.31. The molecule has 5 nitrogen and oxygen atoms in total. The summed E-state index contributed by atoms with van der Waals surface area (Å²) in [6.07, 6.45) is 5.26. The molecule has 0 radical (unpaired) electrons. The Bertz CT molecular complexity index is 353. The predicted molar refractivity (Wildman–Crippen MR) is 63.3 cm³/mol. The van der Waals surface area contributed by atoms with Crippen molar-refractivity contribution in [3.05, 3.63) is 11.7 Å². The van der Waals surface area contributed by atoms with Crippen LogP contribution in [0.4, 0.5) is 0 Å². The molecular formula is C12H21N3O2. The van der Waals surface area contributed by atoms with Crippen LogP contribution in [0, 0.1) is 5.92 Å². The Labute approximate surface area is 101 Å². The highest BCUT2D eigenvalue weighted by atomic mass is 16.5. The number of hydrogen-bond acceptors (Lipinski definition) is 5. The van der Waals surface area contributed by atoms with Gasteiger partial charge in [0.05, 0.1) is 6.04 Å². The molecule has 96 valence electrons. The average Bonchev–Trinajstić information content (AvgIpc) is 2.78. The molecule has 1 aromatic rings. The van der Waals surface area contributed by atoms with Crippen molar-refractivity contribution in [1.82, 2.24) is 10.1 Å². The minimum Gasteiger partial charge on any atom is -0.396 e. The maximum absolute atomic E-state index is 8.82. The molecule has 0 aromatic carbocycles. The first-order valence-corrected chi connectivity index (χ1v) is 6.40. The van der Waals surface area contributed by atoms with Crippen molar-refractivity contribution in [1.29, 1.82) is 0 Å². The SMILES string of the molecule is CC1CCCC(c2noc(C(N)CCO)n2)C1. The average molecular weight is 239 g/mol. The lowest BCUT2D eigenvalue weighted by Crippen LogP contribution is -2.14. The Kier molecular flexibility index (Phi) is 4.12. The predicted octanol–water partition coefficient (Wildman–Crippen LogP) is 1.75. The Morgan fingerprint density at radius 2 is 2.35 bits per heavy atom. The van der Waals surface area contributed by atoms with Gasteiger partial charge in [-0.15, -0.1) is 0 Å². The summed E-state index contributed by atoms with van der Waals surface area (Å²) >= 11 is 0. The van der Waals surface area contributed by atoms with E-state index >= 15 is 0 Å². The molecule has 1 aromatic heterocycles. The van der Waals surface area contributed by atoms with Gasteiger partial charge in [0.2, 0.25) is 5.89 Å². The third-order valence-corrected chi connectivity index (χ3v) is 3.52. The molecule has 0 amide bonds. The van der Waals surface area contributed by atoms with Crippen molar-refractivity contribution in [3.63, 3.8) is 0 Å². The molecule has 0 bridgehead atoms. The highest BCUT2D eigenvalue weighted by Gasteiger charge is 2.25. The summed E-state index contributed by atoms with van der Waals surface area (Å²) in [6, 6.07) is -0.345. The zero-order chi connectivity index (χ0) is 12.3. The minimum absolute atomic E-state index is 0.0410. The summed E-state index contributed by atoms with van der Waals surface area (Å²) in [4.78, 5) is 4.37. The maximum atomic E-state index is 8.82. The first kappa shape index (κ1) is 12.5. The van der Waals surface area contributed by atoms with Gasteiger partial charge in [-0.1, -0.05) is 24.9 Å². The van der Waals surface area contributed by atoms with Crippen LogP contribution in [0.2, 0.25) is 0 Å². The Balaban J connectivity index is 2.02. The van der Waals surface area contributed by atoms with Crippen LogP contribution in [0.3, 0.4) is 0 Å². The van der Waals surface area contributed by atoms with Crippen molar-refractivity contribution in [2.24, 2.45) is 11.7 Å². The van der Waals surface area contributed by atoms with E-state index in [1.165, 1.54) is 12.8 Å². The third-order valence-electron chi connectivity index (χ3n) is 3.52. The van der Waals surface area contributed by atoms with E-state index in [2.05, 4.69) is 17.1 Å². The van der Waals surface area contributed by atoms with Crippen LogP contribution >= 0.6 is 0 Å². The topological polar surface area (TPSA) is 85.2 Å². The van der Waals surface area contributed by atoms with Gasteiger partial charge in [-0.25, -0.2) is 0 Å². The molecule has 1 aliphatic carbocycles. The normalized spacial score (nSPS) is 27.0. The molecule has 17 heavy (non-hydrogen) atoms. The fraction of sp³-hybridized carbons (Fsp3) is 0.833. The molecule has 1 saturated carbocycles. The molecule has 1 heterocycles. The van der Waals surface area contributed by atoms with Crippen molar-refractivity contribution in [2.75, 3.05) is 6.61 Å². The fourth-order valence-corrected chi connectivity index (χ4v) is 2.49. The van der Waals surface area contributed by atoms with Gasteiger partial charge in [-0.3, -0.25) is 0 Å². The number of nitrogens with two attached hydrogens (primary N) is 1. The Morgan fingerprint density at radius 1 is 1.53 bits per heavy atom. The summed E-state index contributed by atoms with van der Waals surface area (Å²) in [5, 5.41) is 12.8. The summed E-state index contributed by atoms with van der Waals surface area (Å²) in [5.74, 6) is 2.40. The van der Waals surface area contributed by atoms with E-state index in [9.17, 15) is 0 Å². The molecule has 5 heteroatoms. The highest BCUT2D eigenvalue weighted by Crippen LogP contribution is 2.34.